The first-order chi connectivity index (χ1) is 11.2. The molecular formula is C15H17N3O4S2. The number of nitrogens with one attached hydrogen (secondary N) is 2. The summed E-state index contributed by atoms with van der Waals surface area (Å²) in [6.07, 6.45) is 0. The van der Waals surface area contributed by atoms with Crippen molar-refractivity contribution in [1.82, 2.24) is 4.31 Å². The van der Waals surface area contributed by atoms with E-state index < -0.39 is 10.0 Å². The lowest BCUT2D eigenvalue weighted by atomic mass is 10.3. The van der Waals surface area contributed by atoms with Gasteiger partial charge in [0, 0.05) is 26.7 Å². The average molecular weight is 367 g/mol. The van der Waals surface area contributed by atoms with Crippen molar-refractivity contribution in [3.05, 3.63) is 41.3 Å². The van der Waals surface area contributed by atoms with Gasteiger partial charge >= 0.3 is 0 Å². The predicted molar refractivity (Wildman–Crippen MR) is 93.9 cm³/mol. The fourth-order valence-corrected chi connectivity index (χ4v) is 3.63. The third-order valence-electron chi connectivity index (χ3n) is 3.00. The summed E-state index contributed by atoms with van der Waals surface area (Å²) in [5.74, 6) is -0.596. The van der Waals surface area contributed by atoms with Crippen molar-refractivity contribution in [2.75, 3.05) is 24.7 Å². The van der Waals surface area contributed by atoms with Gasteiger partial charge in [-0.05, 0) is 30.3 Å². The van der Waals surface area contributed by atoms with E-state index in [-0.39, 0.29) is 16.7 Å². The molecule has 1 aromatic heterocycles. The highest BCUT2D eigenvalue weighted by atomic mass is 32.2. The fourth-order valence-electron chi connectivity index (χ4n) is 1.84. The van der Waals surface area contributed by atoms with Gasteiger partial charge in [0.1, 0.15) is 0 Å². The van der Waals surface area contributed by atoms with Gasteiger partial charge in [0.2, 0.25) is 15.9 Å². The minimum Gasteiger partial charge on any atom is -0.321 e. The molecule has 1 heterocycles. The minimum absolute atomic E-state index is 0.0930. The summed E-state index contributed by atoms with van der Waals surface area (Å²) < 4.78 is 25.3. The highest BCUT2D eigenvalue weighted by Crippen LogP contribution is 2.24. The van der Waals surface area contributed by atoms with Gasteiger partial charge in [-0.3, -0.25) is 9.59 Å². The van der Waals surface area contributed by atoms with Crippen LogP contribution in [0.5, 0.6) is 0 Å². The highest BCUT2D eigenvalue weighted by molar-refractivity contribution is 7.89. The molecule has 2 rings (SSSR count). The van der Waals surface area contributed by atoms with E-state index in [1.807, 2.05) is 0 Å². The molecule has 2 N–H and O–H groups in total. The number of rotatable bonds is 5. The molecule has 0 radical (unpaired) electrons. The summed E-state index contributed by atoms with van der Waals surface area (Å²) in [6, 6.07) is 9.25. The van der Waals surface area contributed by atoms with Gasteiger partial charge in [-0.2, -0.15) is 0 Å². The maximum atomic E-state index is 12.2. The summed E-state index contributed by atoms with van der Waals surface area (Å²) in [7, 11) is -0.692. The first kappa shape index (κ1) is 18.1. The van der Waals surface area contributed by atoms with Crippen LogP contribution in [0.3, 0.4) is 0 Å². The van der Waals surface area contributed by atoms with Gasteiger partial charge in [-0.1, -0.05) is 6.07 Å². The zero-order chi connectivity index (χ0) is 17.9. The number of sulfonamides is 1. The highest BCUT2D eigenvalue weighted by Gasteiger charge is 2.18. The first-order valence-corrected chi connectivity index (χ1v) is 9.17. The van der Waals surface area contributed by atoms with Crippen molar-refractivity contribution in [3.63, 3.8) is 0 Å². The topological polar surface area (TPSA) is 95.6 Å². The number of nitrogens with zero attached hydrogens (tertiary/aromatic N) is 1. The predicted octanol–water partition coefficient (Wildman–Crippen LogP) is 2.21. The van der Waals surface area contributed by atoms with Crippen LogP contribution in [-0.2, 0) is 14.8 Å². The number of carbonyl (C=O) groups is 2. The molecule has 0 bridgehead atoms. The van der Waals surface area contributed by atoms with Crippen LogP contribution in [0.25, 0.3) is 0 Å². The summed E-state index contributed by atoms with van der Waals surface area (Å²) in [6.45, 7) is 1.39. The van der Waals surface area contributed by atoms with Gasteiger partial charge in [-0.15, -0.1) is 11.3 Å². The van der Waals surface area contributed by atoms with Crippen molar-refractivity contribution in [3.8, 4) is 0 Å². The number of anilines is 2. The molecule has 24 heavy (non-hydrogen) atoms. The van der Waals surface area contributed by atoms with Gasteiger partial charge in [0.15, 0.2) is 0 Å². The normalized spacial score (nSPS) is 11.3. The summed E-state index contributed by atoms with van der Waals surface area (Å²) in [5, 5.41) is 5.82. The van der Waals surface area contributed by atoms with Crippen molar-refractivity contribution >= 4 is 43.9 Å². The molecule has 0 unspecified atom stereocenters. The molecule has 0 aliphatic rings. The third kappa shape index (κ3) is 4.19. The Morgan fingerprint density at radius 1 is 1.08 bits per heavy atom. The summed E-state index contributed by atoms with van der Waals surface area (Å²) >= 11 is 1.13. The Bertz CT molecular complexity index is 872. The largest absolute Gasteiger partial charge is 0.321 e. The maximum Gasteiger partial charge on any atom is 0.265 e. The van der Waals surface area contributed by atoms with Crippen LogP contribution >= 0.6 is 11.3 Å². The van der Waals surface area contributed by atoms with E-state index >= 15 is 0 Å². The summed E-state index contributed by atoms with van der Waals surface area (Å²) in [5.41, 5.74) is 0.373. The zero-order valence-electron chi connectivity index (χ0n) is 13.4. The minimum atomic E-state index is -3.57. The van der Waals surface area contributed by atoms with Crippen LogP contribution in [0.2, 0.25) is 0 Å². The van der Waals surface area contributed by atoms with Gasteiger partial charge < -0.3 is 10.6 Å². The molecular weight excluding hydrogens is 350 g/mol. The van der Waals surface area contributed by atoms with Crippen molar-refractivity contribution < 1.29 is 18.0 Å². The Morgan fingerprint density at radius 3 is 2.42 bits per heavy atom. The first-order valence-electron chi connectivity index (χ1n) is 6.91. The van der Waals surface area contributed by atoms with E-state index in [9.17, 15) is 18.0 Å². The second-order valence-corrected chi connectivity index (χ2v) is 8.35. The van der Waals surface area contributed by atoms with E-state index in [0.717, 1.165) is 15.6 Å². The van der Waals surface area contributed by atoms with Crippen molar-refractivity contribution in [1.29, 1.82) is 0 Å². The monoisotopic (exact) mass is 367 g/mol. The number of hydrogen-bond acceptors (Lipinski definition) is 5. The maximum absolute atomic E-state index is 12.2. The van der Waals surface area contributed by atoms with Crippen LogP contribution in [0, 0.1) is 0 Å². The zero-order valence-corrected chi connectivity index (χ0v) is 15.0. The SMILES string of the molecule is CC(=O)Nc1ccc(C(=O)Nc2cccc(S(=O)(=O)N(C)C)c2)s1. The van der Waals surface area contributed by atoms with Gasteiger partial charge in [0.25, 0.3) is 5.91 Å². The number of thiophene rings is 1. The quantitative estimate of drug-likeness (QED) is 0.847. The average Bonchev–Trinajstić information content (AvgIpc) is 2.95. The van der Waals surface area contributed by atoms with Gasteiger partial charge in [0.05, 0.1) is 14.8 Å². The number of hydrogen-bond donors (Lipinski definition) is 2. The van der Waals surface area contributed by atoms with Crippen LogP contribution in [-0.4, -0.2) is 38.6 Å². The molecule has 0 fully saturated rings. The van der Waals surface area contributed by atoms with Crippen molar-refractivity contribution in [2.24, 2.45) is 0 Å². The Kier molecular flexibility index (Phi) is 5.37. The molecule has 9 heteroatoms. The molecule has 0 atom stereocenters. The summed E-state index contributed by atoms with van der Waals surface area (Å²) in [4.78, 5) is 23.7. The fraction of sp³-hybridized carbons (Fsp3) is 0.200. The Balaban J connectivity index is 2.18. The second-order valence-electron chi connectivity index (χ2n) is 5.11. The van der Waals surface area contributed by atoms with Crippen LogP contribution in [0.1, 0.15) is 16.6 Å². The lowest BCUT2D eigenvalue weighted by Gasteiger charge is -2.12. The number of amides is 2. The van der Waals surface area contributed by atoms with E-state index in [1.54, 1.807) is 24.3 Å². The van der Waals surface area contributed by atoms with Crippen molar-refractivity contribution in [2.45, 2.75) is 11.8 Å². The number of carbonyl (C=O) groups excluding carboxylic acids is 2. The second kappa shape index (κ2) is 7.12. The molecule has 128 valence electrons. The van der Waals surface area contributed by atoms with Crippen LogP contribution in [0.15, 0.2) is 41.3 Å². The van der Waals surface area contributed by atoms with E-state index in [1.165, 1.54) is 33.2 Å². The Hall–Kier alpha value is -2.23. The van der Waals surface area contributed by atoms with Crippen LogP contribution < -0.4 is 10.6 Å². The van der Waals surface area contributed by atoms with E-state index in [4.69, 9.17) is 0 Å². The van der Waals surface area contributed by atoms with E-state index in [0.29, 0.717) is 15.6 Å². The van der Waals surface area contributed by atoms with Crippen LogP contribution in [0.4, 0.5) is 10.7 Å². The molecule has 0 aliphatic heterocycles. The molecule has 7 nitrogen and oxygen atoms in total. The Labute approximate surface area is 144 Å². The standard InChI is InChI=1S/C15H17N3O4S2/c1-10(19)16-14-8-7-13(23-14)15(20)17-11-5-4-6-12(9-11)24(21,22)18(2)3/h4-9H,1-3H3,(H,16,19)(H,17,20). The molecule has 0 saturated heterocycles. The molecule has 2 amide bonds. The lowest BCUT2D eigenvalue weighted by Crippen LogP contribution is -2.22. The molecule has 2 aromatic rings. The number of benzene rings is 1. The van der Waals surface area contributed by atoms with E-state index in [2.05, 4.69) is 10.6 Å². The molecule has 1 aromatic carbocycles. The smallest absolute Gasteiger partial charge is 0.265 e. The Morgan fingerprint density at radius 2 is 1.79 bits per heavy atom. The molecule has 0 aliphatic carbocycles. The molecule has 0 spiro atoms. The van der Waals surface area contributed by atoms with Gasteiger partial charge in [-0.25, -0.2) is 12.7 Å². The molecule has 0 saturated carbocycles. The third-order valence-corrected chi connectivity index (χ3v) is 5.81. The lowest BCUT2D eigenvalue weighted by molar-refractivity contribution is -0.114.